The summed E-state index contributed by atoms with van der Waals surface area (Å²) in [6.45, 7) is 0. The van der Waals surface area contributed by atoms with Gasteiger partial charge in [-0.15, -0.1) is 0 Å². The zero-order chi connectivity index (χ0) is 35.3. The van der Waals surface area contributed by atoms with Gasteiger partial charge in [-0.05, 0) is 53.2 Å². The van der Waals surface area contributed by atoms with Crippen molar-refractivity contribution in [3.05, 3.63) is 176 Å². The smallest absolute Gasteiger partial charge is 0.145 e. The highest BCUT2D eigenvalue weighted by atomic mass is 15.0. The van der Waals surface area contributed by atoms with E-state index in [2.05, 4.69) is 173 Å². The molecule has 0 atom stereocenters. The lowest BCUT2D eigenvalue weighted by molar-refractivity contribution is 1.19. The van der Waals surface area contributed by atoms with Gasteiger partial charge < -0.3 is 4.57 Å². The van der Waals surface area contributed by atoms with Gasteiger partial charge in [0, 0.05) is 43.9 Å². The Morgan fingerprint density at radius 2 is 1.00 bits per heavy atom. The van der Waals surface area contributed by atoms with E-state index in [0.717, 1.165) is 89.0 Å². The van der Waals surface area contributed by atoms with Crippen molar-refractivity contribution in [2.45, 2.75) is 0 Å². The molecule has 0 spiro atoms. The Bertz CT molecular complexity index is 3420. The van der Waals surface area contributed by atoms with Crippen molar-refractivity contribution in [1.29, 1.82) is 0 Å². The molecule has 0 saturated heterocycles. The molecule has 5 heteroatoms. The number of nitrogens with zero attached hydrogens (tertiary/aromatic N) is 5. The van der Waals surface area contributed by atoms with Crippen molar-refractivity contribution in [1.82, 2.24) is 23.9 Å². The lowest BCUT2D eigenvalue weighted by Crippen LogP contribution is -1.98. The van der Waals surface area contributed by atoms with Gasteiger partial charge in [0.15, 0.2) is 0 Å². The number of fused-ring (bicyclic) bond motifs is 6. The quantitative estimate of drug-likeness (QED) is 0.173. The van der Waals surface area contributed by atoms with Crippen molar-refractivity contribution < 1.29 is 0 Å². The van der Waals surface area contributed by atoms with Crippen LogP contribution < -0.4 is 0 Å². The van der Waals surface area contributed by atoms with Crippen LogP contribution in [0.15, 0.2) is 176 Å². The van der Waals surface area contributed by atoms with Crippen molar-refractivity contribution in [3.63, 3.8) is 0 Å². The van der Waals surface area contributed by atoms with E-state index in [1.165, 1.54) is 21.5 Å². The molecule has 5 nitrogen and oxygen atoms in total. The summed E-state index contributed by atoms with van der Waals surface area (Å²) < 4.78 is 4.80. The van der Waals surface area contributed by atoms with E-state index in [4.69, 9.17) is 15.0 Å². The highest BCUT2D eigenvalue weighted by Crippen LogP contribution is 2.44. The van der Waals surface area contributed by atoms with Crippen molar-refractivity contribution >= 4 is 70.9 Å². The van der Waals surface area contributed by atoms with Crippen LogP contribution in [-0.2, 0) is 0 Å². The molecule has 0 amide bonds. The zero-order valence-corrected chi connectivity index (χ0v) is 29.0. The summed E-state index contributed by atoms with van der Waals surface area (Å²) in [5, 5.41) is 7.05. The van der Waals surface area contributed by atoms with Crippen LogP contribution in [0.5, 0.6) is 0 Å². The molecule has 0 fully saturated rings. The van der Waals surface area contributed by atoms with Gasteiger partial charge in [0.25, 0.3) is 0 Å². The molecule has 0 saturated carbocycles. The van der Waals surface area contributed by atoms with E-state index in [1.54, 1.807) is 0 Å². The number of para-hydroxylation sites is 1. The molecule has 0 aliphatic heterocycles. The van der Waals surface area contributed by atoms with Crippen LogP contribution in [0.4, 0.5) is 0 Å². The second kappa shape index (κ2) is 11.1. The molecular formula is C49H29N5. The first-order valence-corrected chi connectivity index (χ1v) is 18.3. The fourth-order valence-electron chi connectivity index (χ4n) is 8.68. The monoisotopic (exact) mass is 687 g/mol. The largest absolute Gasteiger partial charge is 0.309 e. The third-order valence-electron chi connectivity index (χ3n) is 11.0. The lowest BCUT2D eigenvalue weighted by Gasteiger charge is -2.14. The number of hydrogen-bond acceptors (Lipinski definition) is 3. The molecule has 54 heavy (non-hydrogen) atoms. The summed E-state index contributed by atoms with van der Waals surface area (Å²) in [7, 11) is 0. The van der Waals surface area contributed by atoms with Gasteiger partial charge in [-0.1, -0.05) is 133 Å². The Morgan fingerprint density at radius 1 is 0.389 bits per heavy atom. The minimum Gasteiger partial charge on any atom is -0.309 e. The third-order valence-corrected chi connectivity index (χ3v) is 11.0. The molecule has 0 N–H and O–H groups in total. The number of hydrogen-bond donors (Lipinski definition) is 0. The predicted molar refractivity (Wildman–Crippen MR) is 223 cm³/mol. The molecular weight excluding hydrogens is 659 g/mol. The molecule has 0 bridgehead atoms. The SMILES string of the molecule is c1ccc(-c2nc3ccc4ccc(-n5c6cccc7c8ccccc8n8c(-c9ccccc9)nc9ccc5c(c76)c98)cc4c3nc2-c2ccccc2)cc1. The normalized spacial score (nSPS) is 12.1. The van der Waals surface area contributed by atoms with Crippen LogP contribution in [0.2, 0.25) is 0 Å². The molecule has 12 aromatic rings. The maximum Gasteiger partial charge on any atom is 0.145 e. The van der Waals surface area contributed by atoms with E-state index in [1.807, 2.05) is 12.1 Å². The maximum atomic E-state index is 5.45. The Balaban J connectivity index is 1.19. The zero-order valence-electron chi connectivity index (χ0n) is 29.0. The van der Waals surface area contributed by atoms with Gasteiger partial charge in [0.1, 0.15) is 5.82 Å². The van der Waals surface area contributed by atoms with Crippen LogP contribution in [0.1, 0.15) is 0 Å². The lowest BCUT2D eigenvalue weighted by atomic mass is 10.0. The van der Waals surface area contributed by atoms with Crippen LogP contribution in [-0.4, -0.2) is 23.9 Å². The van der Waals surface area contributed by atoms with Crippen LogP contribution >= 0.6 is 0 Å². The van der Waals surface area contributed by atoms with E-state index in [-0.39, 0.29) is 0 Å². The molecule has 8 aromatic carbocycles. The highest BCUT2D eigenvalue weighted by molar-refractivity contribution is 6.30. The Hall–Kier alpha value is -7.37. The third kappa shape index (κ3) is 4.06. The van der Waals surface area contributed by atoms with Crippen LogP contribution in [0, 0.1) is 0 Å². The molecule has 0 radical (unpaired) electrons. The average molecular weight is 688 g/mol. The van der Waals surface area contributed by atoms with Gasteiger partial charge in [-0.2, -0.15) is 0 Å². The van der Waals surface area contributed by atoms with Crippen molar-refractivity contribution in [3.8, 4) is 39.6 Å². The molecule has 0 unspecified atom stereocenters. The van der Waals surface area contributed by atoms with Gasteiger partial charge in [0.05, 0.1) is 50.0 Å². The summed E-state index contributed by atoms with van der Waals surface area (Å²) in [6.07, 6.45) is 0. The minimum atomic E-state index is 0.868. The first-order chi connectivity index (χ1) is 26.8. The fourth-order valence-corrected chi connectivity index (χ4v) is 8.68. The first-order valence-electron chi connectivity index (χ1n) is 18.3. The topological polar surface area (TPSA) is 48.0 Å². The average Bonchev–Trinajstić information content (AvgIpc) is 3.76. The summed E-state index contributed by atoms with van der Waals surface area (Å²) in [6, 6.07) is 62.2. The molecule has 0 aliphatic carbocycles. The van der Waals surface area contributed by atoms with E-state index in [9.17, 15) is 0 Å². The number of benzene rings is 8. The van der Waals surface area contributed by atoms with Crippen LogP contribution in [0.3, 0.4) is 0 Å². The fraction of sp³-hybridized carbons (Fsp3) is 0. The highest BCUT2D eigenvalue weighted by Gasteiger charge is 2.24. The van der Waals surface area contributed by atoms with E-state index in [0.29, 0.717) is 0 Å². The maximum absolute atomic E-state index is 5.45. The molecule has 12 rings (SSSR count). The van der Waals surface area contributed by atoms with Gasteiger partial charge in [-0.25, -0.2) is 15.0 Å². The van der Waals surface area contributed by atoms with E-state index >= 15 is 0 Å². The standard InChI is InChI=1S/C49H29N5/c1-4-13-31(14-5-1)45-46(32-15-6-2-7-16-32)52-47-37-29-34(25-23-30(37)24-26-38(47)50-45)53-41-22-12-20-36-35-19-10-11-21-40(35)54-48-39(27-28-42(53)44(48)43(36)41)51-49(54)33-17-8-3-9-18-33/h1-29H. The van der Waals surface area contributed by atoms with Crippen molar-refractivity contribution in [2.24, 2.45) is 0 Å². The van der Waals surface area contributed by atoms with Gasteiger partial charge in [-0.3, -0.25) is 4.40 Å². The Kier molecular flexibility index (Phi) is 5.99. The summed E-state index contributed by atoms with van der Waals surface area (Å²) >= 11 is 0. The van der Waals surface area contributed by atoms with Gasteiger partial charge in [0.2, 0.25) is 0 Å². The summed E-state index contributed by atoms with van der Waals surface area (Å²) in [5.41, 5.74) is 13.3. The minimum absolute atomic E-state index is 0.868. The molecule has 250 valence electrons. The number of imidazole rings is 1. The summed E-state index contributed by atoms with van der Waals surface area (Å²) in [4.78, 5) is 16.0. The molecule has 4 aromatic heterocycles. The van der Waals surface area contributed by atoms with Crippen molar-refractivity contribution in [2.75, 3.05) is 0 Å². The van der Waals surface area contributed by atoms with Gasteiger partial charge >= 0.3 is 0 Å². The number of rotatable bonds is 4. The number of aromatic nitrogens is 5. The van der Waals surface area contributed by atoms with E-state index < -0.39 is 0 Å². The summed E-state index contributed by atoms with van der Waals surface area (Å²) in [5.74, 6) is 0.944. The van der Waals surface area contributed by atoms with Crippen LogP contribution in [0.25, 0.3) is 111 Å². The second-order valence-corrected chi connectivity index (χ2v) is 14.0. The Morgan fingerprint density at radius 3 is 1.78 bits per heavy atom. The predicted octanol–water partition coefficient (Wildman–Crippen LogP) is 12.3. The molecule has 0 aliphatic rings. The molecule has 4 heterocycles. The first kappa shape index (κ1) is 29.2. The Labute approximate surface area is 309 Å². The second-order valence-electron chi connectivity index (χ2n) is 14.0.